The van der Waals surface area contributed by atoms with Crippen LogP contribution in [0.4, 0.5) is 0 Å². The number of benzene rings is 2. The van der Waals surface area contributed by atoms with Crippen LogP contribution in [0.25, 0.3) is 0 Å². The number of aliphatic hydroxyl groups excluding tert-OH is 1. The Labute approximate surface area is 111 Å². The van der Waals surface area contributed by atoms with E-state index >= 15 is 0 Å². The lowest BCUT2D eigenvalue weighted by atomic mass is 10.2. The van der Waals surface area contributed by atoms with Gasteiger partial charge in [-0.3, -0.25) is 0 Å². The number of aliphatic hydroxyl groups is 1. The largest absolute Gasteiger partial charge is 0.396 e. The topological polar surface area (TPSA) is 20.2 Å². The molecule has 94 valence electrons. The van der Waals surface area contributed by atoms with E-state index in [-0.39, 0.29) is 6.61 Å². The van der Waals surface area contributed by atoms with Crippen molar-refractivity contribution in [1.29, 1.82) is 0 Å². The summed E-state index contributed by atoms with van der Waals surface area (Å²) >= 11 is 0. The lowest BCUT2D eigenvalue weighted by Gasteiger charge is -2.19. The predicted octanol–water partition coefficient (Wildman–Crippen LogP) is 1.66. The Morgan fingerprint density at radius 1 is 0.889 bits per heavy atom. The molecule has 1 unspecified atom stereocenters. The van der Waals surface area contributed by atoms with Gasteiger partial charge in [-0.05, 0) is 12.0 Å². The van der Waals surface area contributed by atoms with Crippen LogP contribution in [0.5, 0.6) is 0 Å². The third kappa shape index (κ3) is 3.31. The van der Waals surface area contributed by atoms with Crippen LogP contribution in [0.3, 0.4) is 0 Å². The number of hydrogen-bond acceptors (Lipinski definition) is 1. The third-order valence-corrected chi connectivity index (χ3v) is 7.01. The molecule has 1 nitrogen and oxygen atoms in total. The first kappa shape index (κ1) is 13.1. The van der Waals surface area contributed by atoms with Gasteiger partial charge < -0.3 is 5.11 Å². The minimum atomic E-state index is -1.19. The van der Waals surface area contributed by atoms with Gasteiger partial charge in [0.25, 0.3) is 0 Å². The third-order valence-electron chi connectivity index (χ3n) is 3.35. The average Bonchev–Trinajstić information content (AvgIpc) is 2.46. The molecule has 0 aliphatic rings. The Kier molecular flexibility index (Phi) is 4.73. The molecular formula is C16H20OSi. The van der Waals surface area contributed by atoms with Gasteiger partial charge in [0.2, 0.25) is 0 Å². The van der Waals surface area contributed by atoms with Crippen LogP contribution in [0.1, 0.15) is 6.92 Å². The SMILES string of the molecule is CC(CO)C[SiH](c1ccccc1)c1ccccc1. The Morgan fingerprint density at radius 3 is 1.72 bits per heavy atom. The van der Waals surface area contributed by atoms with E-state index in [0.717, 1.165) is 6.04 Å². The van der Waals surface area contributed by atoms with Crippen LogP contribution in [-0.4, -0.2) is 20.5 Å². The van der Waals surface area contributed by atoms with Crippen molar-refractivity contribution in [2.45, 2.75) is 13.0 Å². The van der Waals surface area contributed by atoms with Crippen molar-refractivity contribution in [1.82, 2.24) is 0 Å². The molecule has 2 heteroatoms. The van der Waals surface area contributed by atoms with Crippen LogP contribution >= 0.6 is 0 Å². The monoisotopic (exact) mass is 256 g/mol. The van der Waals surface area contributed by atoms with Crippen LogP contribution in [0.15, 0.2) is 60.7 Å². The standard InChI is InChI=1S/C16H20OSi/c1-14(12-17)13-18(15-8-4-2-5-9-15)16-10-6-3-7-11-16/h2-11,14,17-18H,12-13H2,1H3. The fourth-order valence-electron chi connectivity index (χ4n) is 2.31. The highest BCUT2D eigenvalue weighted by atomic mass is 28.3. The zero-order chi connectivity index (χ0) is 12.8. The van der Waals surface area contributed by atoms with Gasteiger partial charge in [-0.15, -0.1) is 0 Å². The van der Waals surface area contributed by atoms with E-state index in [2.05, 4.69) is 67.6 Å². The molecule has 2 rings (SSSR count). The maximum Gasteiger partial charge on any atom is 0.103 e. The lowest BCUT2D eigenvalue weighted by molar-refractivity contribution is 0.248. The van der Waals surface area contributed by atoms with Gasteiger partial charge in [-0.1, -0.05) is 78.0 Å². The smallest absolute Gasteiger partial charge is 0.103 e. The summed E-state index contributed by atoms with van der Waals surface area (Å²) in [7, 11) is -1.19. The molecule has 0 heterocycles. The van der Waals surface area contributed by atoms with Crippen molar-refractivity contribution >= 4 is 19.2 Å². The maximum atomic E-state index is 9.30. The molecule has 0 saturated heterocycles. The summed E-state index contributed by atoms with van der Waals surface area (Å²) in [6, 6.07) is 22.6. The maximum absolute atomic E-state index is 9.30. The molecule has 18 heavy (non-hydrogen) atoms. The molecule has 2 aromatic rings. The molecule has 0 aromatic heterocycles. The molecule has 0 saturated carbocycles. The summed E-state index contributed by atoms with van der Waals surface area (Å²) in [5.74, 6) is 0.377. The van der Waals surface area contributed by atoms with E-state index in [1.165, 1.54) is 10.4 Å². The van der Waals surface area contributed by atoms with Crippen molar-refractivity contribution in [2.75, 3.05) is 6.61 Å². The molecule has 0 spiro atoms. The van der Waals surface area contributed by atoms with Crippen molar-refractivity contribution in [2.24, 2.45) is 5.92 Å². The zero-order valence-corrected chi connectivity index (χ0v) is 11.9. The van der Waals surface area contributed by atoms with Gasteiger partial charge in [0.1, 0.15) is 8.80 Å². The van der Waals surface area contributed by atoms with Crippen LogP contribution in [0, 0.1) is 5.92 Å². The predicted molar refractivity (Wildman–Crippen MR) is 80.4 cm³/mol. The van der Waals surface area contributed by atoms with Crippen molar-refractivity contribution in [3.05, 3.63) is 60.7 Å². The molecule has 0 bridgehead atoms. The summed E-state index contributed by atoms with van der Waals surface area (Å²) in [5, 5.41) is 12.2. The zero-order valence-electron chi connectivity index (χ0n) is 10.8. The second-order valence-corrected chi connectivity index (χ2v) is 7.81. The van der Waals surface area contributed by atoms with E-state index in [1.54, 1.807) is 0 Å². The quantitative estimate of drug-likeness (QED) is 0.807. The highest BCUT2D eigenvalue weighted by Gasteiger charge is 2.18. The molecule has 0 aliphatic carbocycles. The second kappa shape index (κ2) is 6.52. The molecule has 0 amide bonds. The van der Waals surface area contributed by atoms with Crippen molar-refractivity contribution in [3.63, 3.8) is 0 Å². The first-order valence-electron chi connectivity index (χ1n) is 6.52. The van der Waals surface area contributed by atoms with Gasteiger partial charge >= 0.3 is 0 Å². The Morgan fingerprint density at radius 2 is 1.33 bits per heavy atom. The van der Waals surface area contributed by atoms with Gasteiger partial charge in [0, 0.05) is 6.61 Å². The summed E-state index contributed by atoms with van der Waals surface area (Å²) in [6.07, 6.45) is 0. The van der Waals surface area contributed by atoms with Gasteiger partial charge in [-0.2, -0.15) is 0 Å². The normalized spacial score (nSPS) is 12.6. The van der Waals surface area contributed by atoms with E-state index in [0.29, 0.717) is 5.92 Å². The Hall–Kier alpha value is -1.38. The Balaban J connectivity index is 2.29. The molecule has 2 aromatic carbocycles. The first-order valence-corrected chi connectivity index (χ1v) is 8.49. The summed E-state index contributed by atoms with van der Waals surface area (Å²) in [6.45, 7) is 2.41. The molecular weight excluding hydrogens is 236 g/mol. The first-order chi connectivity index (χ1) is 8.81. The van der Waals surface area contributed by atoms with Crippen LogP contribution < -0.4 is 10.4 Å². The summed E-state index contributed by atoms with van der Waals surface area (Å²) in [5.41, 5.74) is 0. The summed E-state index contributed by atoms with van der Waals surface area (Å²) in [4.78, 5) is 0. The van der Waals surface area contributed by atoms with Crippen LogP contribution in [-0.2, 0) is 0 Å². The Bertz CT molecular complexity index is 416. The van der Waals surface area contributed by atoms with Crippen molar-refractivity contribution in [3.8, 4) is 0 Å². The highest BCUT2D eigenvalue weighted by Crippen LogP contribution is 2.07. The molecule has 1 atom stereocenters. The van der Waals surface area contributed by atoms with Gasteiger partial charge in [0.05, 0.1) is 0 Å². The molecule has 0 radical (unpaired) electrons. The van der Waals surface area contributed by atoms with E-state index in [1.807, 2.05) is 0 Å². The fraction of sp³-hybridized carbons (Fsp3) is 0.250. The molecule has 0 aliphatic heterocycles. The van der Waals surface area contributed by atoms with Gasteiger partial charge in [0.15, 0.2) is 0 Å². The lowest BCUT2D eigenvalue weighted by Crippen LogP contribution is -2.43. The number of rotatable bonds is 5. The number of hydrogen-bond donors (Lipinski definition) is 1. The second-order valence-electron chi connectivity index (χ2n) is 4.90. The van der Waals surface area contributed by atoms with Crippen LogP contribution in [0.2, 0.25) is 6.04 Å². The highest BCUT2D eigenvalue weighted by molar-refractivity contribution is 6.85. The van der Waals surface area contributed by atoms with Gasteiger partial charge in [-0.25, -0.2) is 0 Å². The minimum Gasteiger partial charge on any atom is -0.396 e. The van der Waals surface area contributed by atoms with E-state index in [9.17, 15) is 5.11 Å². The van der Waals surface area contributed by atoms with E-state index in [4.69, 9.17) is 0 Å². The summed E-state index contributed by atoms with van der Waals surface area (Å²) < 4.78 is 0. The van der Waals surface area contributed by atoms with Crippen molar-refractivity contribution < 1.29 is 5.11 Å². The fourth-order valence-corrected chi connectivity index (χ4v) is 5.57. The molecule has 0 fully saturated rings. The van der Waals surface area contributed by atoms with E-state index < -0.39 is 8.80 Å². The molecule has 1 N–H and O–H groups in total. The minimum absolute atomic E-state index is 0.281. The average molecular weight is 256 g/mol.